The number of benzene rings is 2. The molecule has 31 heavy (non-hydrogen) atoms. The zero-order valence-electron chi connectivity index (χ0n) is 17.6. The minimum absolute atomic E-state index is 0. The van der Waals surface area contributed by atoms with E-state index in [2.05, 4.69) is 29.4 Å². The molecule has 1 aliphatic rings. The smallest absolute Gasteiger partial charge is 0.260 e. The number of halogens is 1. The first-order valence-electron chi connectivity index (χ1n) is 9.89. The number of hydrogen-bond donors (Lipinski definition) is 0. The van der Waals surface area contributed by atoms with Crippen LogP contribution >= 0.6 is 47.3 Å². The number of fused-ring (bicyclic) bond motifs is 1. The molecule has 1 amide bonds. The molecule has 0 unspecified atom stereocenters. The van der Waals surface area contributed by atoms with E-state index in [-0.39, 0.29) is 18.3 Å². The standard InChI is InChI=1S/C22H25N3O2S3.ClH/c1-28-17-6-3-5-16(15-17)21(26)25(10-9-24-11-13-27-14-12-24)22-23-20-18(29-2)7-4-8-19(20)30-22;/h3-8,15H,9-14H2,1-2H3;1H. The molecule has 0 bridgehead atoms. The molecule has 0 radical (unpaired) electrons. The van der Waals surface area contributed by atoms with Crippen molar-refractivity contribution in [3.63, 3.8) is 0 Å². The van der Waals surface area contributed by atoms with Gasteiger partial charge in [-0.2, -0.15) is 0 Å². The predicted molar refractivity (Wildman–Crippen MR) is 136 cm³/mol. The van der Waals surface area contributed by atoms with E-state index >= 15 is 0 Å². The number of thioether (sulfide) groups is 2. The van der Waals surface area contributed by atoms with Gasteiger partial charge < -0.3 is 4.74 Å². The van der Waals surface area contributed by atoms with Crippen molar-refractivity contribution in [1.82, 2.24) is 9.88 Å². The van der Waals surface area contributed by atoms with E-state index in [9.17, 15) is 4.79 Å². The molecule has 0 aliphatic carbocycles. The molecule has 2 heterocycles. The molecular weight excluding hydrogens is 470 g/mol. The highest BCUT2D eigenvalue weighted by molar-refractivity contribution is 7.99. The third kappa shape index (κ3) is 5.74. The Morgan fingerprint density at radius 1 is 1.16 bits per heavy atom. The largest absolute Gasteiger partial charge is 0.379 e. The highest BCUT2D eigenvalue weighted by atomic mass is 35.5. The van der Waals surface area contributed by atoms with Gasteiger partial charge in [0.15, 0.2) is 5.13 Å². The Morgan fingerprint density at radius 2 is 1.94 bits per heavy atom. The molecule has 0 atom stereocenters. The fourth-order valence-electron chi connectivity index (χ4n) is 3.45. The van der Waals surface area contributed by atoms with Crippen LogP contribution in [0.15, 0.2) is 52.3 Å². The quantitative estimate of drug-likeness (QED) is 0.423. The molecule has 1 aromatic heterocycles. The molecule has 166 valence electrons. The summed E-state index contributed by atoms with van der Waals surface area (Å²) in [6, 6.07) is 14.1. The number of carbonyl (C=O) groups excluding carboxylic acids is 1. The summed E-state index contributed by atoms with van der Waals surface area (Å²) in [6.07, 6.45) is 4.08. The van der Waals surface area contributed by atoms with Gasteiger partial charge in [-0.05, 0) is 42.8 Å². The van der Waals surface area contributed by atoms with Crippen molar-refractivity contribution in [2.45, 2.75) is 9.79 Å². The van der Waals surface area contributed by atoms with E-state index in [0.717, 1.165) is 58.0 Å². The van der Waals surface area contributed by atoms with Gasteiger partial charge in [-0.3, -0.25) is 14.6 Å². The van der Waals surface area contributed by atoms with Crippen molar-refractivity contribution in [2.75, 3.05) is 56.8 Å². The summed E-state index contributed by atoms with van der Waals surface area (Å²) in [5.74, 6) is 0.00363. The van der Waals surface area contributed by atoms with Gasteiger partial charge in [0, 0.05) is 41.5 Å². The summed E-state index contributed by atoms with van der Waals surface area (Å²) in [5.41, 5.74) is 1.68. The van der Waals surface area contributed by atoms with Crippen LogP contribution in [0.2, 0.25) is 0 Å². The molecule has 1 fully saturated rings. The second-order valence-corrected chi connectivity index (χ2v) is 9.68. The van der Waals surface area contributed by atoms with Crippen LogP contribution in [0.3, 0.4) is 0 Å². The number of amides is 1. The molecule has 0 N–H and O–H groups in total. The van der Waals surface area contributed by atoms with E-state index in [0.29, 0.717) is 12.1 Å². The number of nitrogens with zero attached hydrogens (tertiary/aromatic N) is 3. The van der Waals surface area contributed by atoms with Gasteiger partial charge >= 0.3 is 0 Å². The normalized spacial score (nSPS) is 14.4. The summed E-state index contributed by atoms with van der Waals surface area (Å²) in [6.45, 7) is 4.73. The van der Waals surface area contributed by atoms with Crippen LogP contribution in [-0.4, -0.2) is 67.7 Å². The van der Waals surface area contributed by atoms with E-state index < -0.39 is 0 Å². The van der Waals surface area contributed by atoms with E-state index in [4.69, 9.17) is 9.72 Å². The molecule has 9 heteroatoms. The maximum absolute atomic E-state index is 13.6. The van der Waals surface area contributed by atoms with Crippen LogP contribution in [-0.2, 0) is 4.74 Å². The van der Waals surface area contributed by atoms with Crippen LogP contribution in [0.5, 0.6) is 0 Å². The summed E-state index contributed by atoms with van der Waals surface area (Å²) in [5, 5.41) is 0.763. The van der Waals surface area contributed by atoms with Gasteiger partial charge in [0.05, 0.1) is 23.4 Å². The first-order valence-corrected chi connectivity index (χ1v) is 13.2. The number of aromatic nitrogens is 1. The first kappa shape index (κ1) is 24.4. The molecule has 0 saturated carbocycles. The Hall–Kier alpha value is -1.29. The maximum Gasteiger partial charge on any atom is 0.260 e. The van der Waals surface area contributed by atoms with Gasteiger partial charge in [-0.25, -0.2) is 4.98 Å². The van der Waals surface area contributed by atoms with Gasteiger partial charge in [-0.1, -0.05) is 23.5 Å². The number of anilines is 1. The van der Waals surface area contributed by atoms with Crippen molar-refractivity contribution in [1.29, 1.82) is 0 Å². The fourth-order valence-corrected chi connectivity index (χ4v) is 5.56. The lowest BCUT2D eigenvalue weighted by Crippen LogP contribution is -2.43. The lowest BCUT2D eigenvalue weighted by atomic mass is 10.2. The molecule has 1 aliphatic heterocycles. The number of ether oxygens (including phenoxy) is 1. The van der Waals surface area contributed by atoms with Gasteiger partial charge in [0.2, 0.25) is 0 Å². The van der Waals surface area contributed by atoms with Crippen LogP contribution in [0.25, 0.3) is 10.2 Å². The molecule has 3 aromatic rings. The summed E-state index contributed by atoms with van der Waals surface area (Å²) in [7, 11) is 0. The van der Waals surface area contributed by atoms with Crippen LogP contribution in [0, 0.1) is 0 Å². The van der Waals surface area contributed by atoms with Crippen molar-refractivity contribution in [2.24, 2.45) is 0 Å². The van der Waals surface area contributed by atoms with E-state index in [1.165, 1.54) is 0 Å². The predicted octanol–water partition coefficient (Wildman–Crippen LogP) is 5.14. The minimum Gasteiger partial charge on any atom is -0.379 e. The van der Waals surface area contributed by atoms with E-state index in [1.807, 2.05) is 35.4 Å². The maximum atomic E-state index is 13.6. The Labute approximate surface area is 202 Å². The number of thiazole rings is 1. The second kappa shape index (κ2) is 11.5. The molecule has 1 saturated heterocycles. The lowest BCUT2D eigenvalue weighted by Gasteiger charge is -2.29. The van der Waals surface area contributed by atoms with Gasteiger partial charge in [0.1, 0.15) is 0 Å². The highest BCUT2D eigenvalue weighted by Gasteiger charge is 2.23. The van der Waals surface area contributed by atoms with Crippen LogP contribution in [0.1, 0.15) is 10.4 Å². The lowest BCUT2D eigenvalue weighted by molar-refractivity contribution is 0.0391. The van der Waals surface area contributed by atoms with Crippen molar-refractivity contribution < 1.29 is 9.53 Å². The Morgan fingerprint density at radius 3 is 2.68 bits per heavy atom. The van der Waals surface area contributed by atoms with Crippen LogP contribution < -0.4 is 4.90 Å². The van der Waals surface area contributed by atoms with Crippen molar-refractivity contribution in [3.8, 4) is 0 Å². The SMILES string of the molecule is CSc1cccc(C(=O)N(CCN2CCOCC2)c2nc3c(SC)cccc3s2)c1.Cl. The Balaban J connectivity index is 0.00000272. The zero-order valence-corrected chi connectivity index (χ0v) is 20.8. The average Bonchev–Trinajstić information content (AvgIpc) is 3.24. The third-order valence-corrected chi connectivity index (χ3v) is 7.67. The van der Waals surface area contributed by atoms with Crippen molar-refractivity contribution >= 4 is 68.5 Å². The second-order valence-electron chi connectivity index (χ2n) is 6.95. The molecule has 2 aromatic carbocycles. The molecule has 5 nitrogen and oxygen atoms in total. The Bertz CT molecular complexity index is 1020. The molecule has 0 spiro atoms. The molecular formula is C22H26ClN3O2S3. The summed E-state index contributed by atoms with van der Waals surface area (Å²) >= 11 is 4.92. The van der Waals surface area contributed by atoms with Crippen molar-refractivity contribution in [3.05, 3.63) is 48.0 Å². The average molecular weight is 496 g/mol. The fraction of sp³-hybridized carbons (Fsp3) is 0.364. The first-order chi connectivity index (χ1) is 14.7. The summed E-state index contributed by atoms with van der Waals surface area (Å²) in [4.78, 5) is 24.9. The van der Waals surface area contributed by atoms with Gasteiger partial charge in [-0.15, -0.1) is 35.9 Å². The third-order valence-electron chi connectivity index (χ3n) is 5.13. The Kier molecular flexibility index (Phi) is 9.06. The minimum atomic E-state index is 0. The van der Waals surface area contributed by atoms with E-state index in [1.54, 1.807) is 34.9 Å². The topological polar surface area (TPSA) is 45.7 Å². The monoisotopic (exact) mass is 495 g/mol. The molecule has 4 rings (SSSR count). The number of carbonyl (C=O) groups is 1. The highest BCUT2D eigenvalue weighted by Crippen LogP contribution is 2.34. The summed E-state index contributed by atoms with van der Waals surface area (Å²) < 4.78 is 6.57. The number of morpholine rings is 1. The van der Waals surface area contributed by atoms with Gasteiger partial charge in [0.25, 0.3) is 5.91 Å². The number of para-hydroxylation sites is 1. The van der Waals surface area contributed by atoms with Crippen LogP contribution in [0.4, 0.5) is 5.13 Å². The zero-order chi connectivity index (χ0) is 20.9. The number of hydrogen-bond acceptors (Lipinski definition) is 7. The number of rotatable bonds is 7.